The van der Waals surface area contributed by atoms with Crippen molar-refractivity contribution in [3.63, 3.8) is 0 Å². The number of halogens is 3. The van der Waals surface area contributed by atoms with Gasteiger partial charge in [0, 0.05) is 23.1 Å². The molecular formula is C11H14Cl3NO. The molecule has 0 aliphatic heterocycles. The first-order valence-corrected chi connectivity index (χ1v) is 5.94. The second kappa shape index (κ2) is 5.11. The Bertz CT molecular complexity index is 393. The Morgan fingerprint density at radius 2 is 1.88 bits per heavy atom. The number of rotatable bonds is 3. The summed E-state index contributed by atoms with van der Waals surface area (Å²) < 4.78 is 0. The highest BCUT2D eigenvalue weighted by Gasteiger charge is 2.29. The molecule has 0 aliphatic rings. The summed E-state index contributed by atoms with van der Waals surface area (Å²) in [6.45, 7) is 3.65. The predicted molar refractivity (Wildman–Crippen MR) is 69.3 cm³/mol. The lowest BCUT2D eigenvalue weighted by Crippen LogP contribution is -2.32. The molecule has 0 radical (unpaired) electrons. The van der Waals surface area contributed by atoms with Crippen LogP contribution in [0.1, 0.15) is 25.5 Å². The van der Waals surface area contributed by atoms with Crippen LogP contribution in [0.5, 0.6) is 0 Å². The van der Waals surface area contributed by atoms with E-state index in [0.717, 1.165) is 0 Å². The molecule has 90 valence electrons. The average Bonchev–Trinajstić information content (AvgIpc) is 2.22. The molecule has 1 aromatic rings. The molecule has 16 heavy (non-hydrogen) atoms. The maximum atomic E-state index is 9.27. The molecular weight excluding hydrogens is 268 g/mol. The van der Waals surface area contributed by atoms with Crippen molar-refractivity contribution in [2.24, 2.45) is 11.1 Å². The third-order valence-electron chi connectivity index (χ3n) is 2.61. The molecule has 0 aromatic heterocycles. The van der Waals surface area contributed by atoms with Crippen molar-refractivity contribution in [1.29, 1.82) is 0 Å². The van der Waals surface area contributed by atoms with Gasteiger partial charge in [0.05, 0.1) is 10.0 Å². The van der Waals surface area contributed by atoms with Gasteiger partial charge in [0.2, 0.25) is 0 Å². The summed E-state index contributed by atoms with van der Waals surface area (Å²) in [6, 6.07) is 2.81. The largest absolute Gasteiger partial charge is 0.396 e. The molecule has 0 fully saturated rings. The highest BCUT2D eigenvalue weighted by atomic mass is 35.5. The Labute approximate surface area is 110 Å². The molecule has 0 heterocycles. The van der Waals surface area contributed by atoms with Crippen molar-refractivity contribution in [2.45, 2.75) is 19.9 Å². The Morgan fingerprint density at radius 3 is 2.38 bits per heavy atom. The fraction of sp³-hybridized carbons (Fsp3) is 0.455. The van der Waals surface area contributed by atoms with Gasteiger partial charge in [-0.15, -0.1) is 0 Å². The lowest BCUT2D eigenvalue weighted by Gasteiger charge is -2.30. The van der Waals surface area contributed by atoms with Gasteiger partial charge in [-0.05, 0) is 17.7 Å². The quantitative estimate of drug-likeness (QED) is 0.831. The van der Waals surface area contributed by atoms with E-state index < -0.39 is 11.5 Å². The van der Waals surface area contributed by atoms with E-state index >= 15 is 0 Å². The molecule has 1 aromatic carbocycles. The minimum Gasteiger partial charge on any atom is -0.396 e. The molecule has 5 heteroatoms. The molecule has 0 unspecified atom stereocenters. The number of aliphatic hydroxyl groups excluding tert-OH is 1. The van der Waals surface area contributed by atoms with Gasteiger partial charge in [-0.25, -0.2) is 0 Å². The van der Waals surface area contributed by atoms with Gasteiger partial charge in [0.15, 0.2) is 0 Å². The van der Waals surface area contributed by atoms with E-state index in [-0.39, 0.29) is 6.61 Å². The van der Waals surface area contributed by atoms with Crippen molar-refractivity contribution in [2.75, 3.05) is 6.61 Å². The van der Waals surface area contributed by atoms with Crippen LogP contribution >= 0.6 is 34.8 Å². The van der Waals surface area contributed by atoms with Gasteiger partial charge < -0.3 is 10.8 Å². The highest BCUT2D eigenvalue weighted by Crippen LogP contribution is 2.39. The van der Waals surface area contributed by atoms with Crippen LogP contribution in [0, 0.1) is 5.41 Å². The van der Waals surface area contributed by atoms with Gasteiger partial charge in [-0.1, -0.05) is 48.7 Å². The summed E-state index contributed by atoms with van der Waals surface area (Å²) in [5.74, 6) is 0. The first kappa shape index (κ1) is 14.1. The maximum Gasteiger partial charge on any atom is 0.0641 e. The van der Waals surface area contributed by atoms with Gasteiger partial charge in [-0.2, -0.15) is 0 Å². The topological polar surface area (TPSA) is 46.2 Å². The van der Waals surface area contributed by atoms with Crippen LogP contribution in [0.4, 0.5) is 0 Å². The van der Waals surface area contributed by atoms with Crippen LogP contribution < -0.4 is 5.73 Å². The minimum absolute atomic E-state index is 0.0470. The first-order valence-electron chi connectivity index (χ1n) is 4.80. The van der Waals surface area contributed by atoms with Crippen molar-refractivity contribution in [3.8, 4) is 0 Å². The van der Waals surface area contributed by atoms with Gasteiger partial charge in [0.1, 0.15) is 0 Å². The van der Waals surface area contributed by atoms with E-state index in [4.69, 9.17) is 40.5 Å². The van der Waals surface area contributed by atoms with Crippen LogP contribution in [-0.2, 0) is 0 Å². The number of hydrogen-bond donors (Lipinski definition) is 2. The van der Waals surface area contributed by atoms with Crippen molar-refractivity contribution < 1.29 is 5.11 Å². The number of benzene rings is 1. The van der Waals surface area contributed by atoms with E-state index in [1.54, 1.807) is 12.1 Å². The fourth-order valence-electron chi connectivity index (χ4n) is 1.32. The SMILES string of the molecule is CC(C)(CO)[C@H](N)c1cc(Cl)cc(Cl)c1Cl. The zero-order chi connectivity index (χ0) is 12.5. The van der Waals surface area contributed by atoms with Gasteiger partial charge >= 0.3 is 0 Å². The molecule has 0 spiro atoms. The van der Waals surface area contributed by atoms with Gasteiger partial charge in [-0.3, -0.25) is 0 Å². The molecule has 1 rings (SSSR count). The predicted octanol–water partition coefficient (Wildman–Crippen LogP) is 3.67. The highest BCUT2D eigenvalue weighted by molar-refractivity contribution is 6.43. The van der Waals surface area contributed by atoms with Crippen molar-refractivity contribution in [1.82, 2.24) is 0 Å². The second-order valence-corrected chi connectivity index (χ2v) is 5.64. The van der Waals surface area contributed by atoms with Crippen LogP contribution in [0.3, 0.4) is 0 Å². The lowest BCUT2D eigenvalue weighted by atomic mass is 9.82. The summed E-state index contributed by atoms with van der Waals surface area (Å²) in [6.07, 6.45) is 0. The molecule has 0 aliphatic carbocycles. The van der Waals surface area contributed by atoms with Crippen LogP contribution in [-0.4, -0.2) is 11.7 Å². The average molecular weight is 283 g/mol. The Kier molecular flexibility index (Phi) is 4.49. The van der Waals surface area contributed by atoms with E-state index in [1.165, 1.54) is 0 Å². The first-order chi connectivity index (χ1) is 7.29. The minimum atomic E-state index is -0.488. The monoisotopic (exact) mass is 281 g/mol. The summed E-state index contributed by atoms with van der Waals surface area (Å²) in [4.78, 5) is 0. The number of nitrogens with two attached hydrogens (primary N) is 1. The Morgan fingerprint density at radius 1 is 1.31 bits per heavy atom. The van der Waals surface area contributed by atoms with E-state index in [1.807, 2.05) is 13.8 Å². The van der Waals surface area contributed by atoms with E-state index in [9.17, 15) is 5.11 Å². The molecule has 1 atom stereocenters. The molecule has 2 nitrogen and oxygen atoms in total. The summed E-state index contributed by atoms with van der Waals surface area (Å²) in [5, 5.41) is 10.5. The third kappa shape index (κ3) is 2.82. The van der Waals surface area contributed by atoms with E-state index in [0.29, 0.717) is 20.6 Å². The normalized spacial score (nSPS) is 13.9. The fourth-order valence-corrected chi connectivity index (χ4v) is 2.06. The lowest BCUT2D eigenvalue weighted by molar-refractivity contribution is 0.132. The number of aliphatic hydroxyl groups is 1. The van der Waals surface area contributed by atoms with Crippen LogP contribution in [0.15, 0.2) is 12.1 Å². The molecule has 0 saturated carbocycles. The second-order valence-electron chi connectivity index (χ2n) is 4.42. The van der Waals surface area contributed by atoms with Gasteiger partial charge in [0.25, 0.3) is 0 Å². The molecule has 0 bridgehead atoms. The summed E-state index contributed by atoms with van der Waals surface area (Å²) in [5.41, 5.74) is 6.22. The Hall–Kier alpha value is 0.01000. The smallest absolute Gasteiger partial charge is 0.0641 e. The molecule has 0 saturated heterocycles. The Balaban J connectivity index is 3.23. The zero-order valence-corrected chi connectivity index (χ0v) is 11.4. The summed E-state index contributed by atoms with van der Waals surface area (Å²) in [7, 11) is 0. The van der Waals surface area contributed by atoms with E-state index in [2.05, 4.69) is 0 Å². The van der Waals surface area contributed by atoms with Crippen LogP contribution in [0.25, 0.3) is 0 Å². The summed E-state index contributed by atoms with van der Waals surface area (Å²) >= 11 is 17.9. The van der Waals surface area contributed by atoms with Crippen molar-refractivity contribution in [3.05, 3.63) is 32.8 Å². The standard InChI is InChI=1S/C11H14Cl3NO/c1-11(2,5-16)10(15)7-3-6(12)4-8(13)9(7)14/h3-4,10,16H,5,15H2,1-2H3/t10-/m1/s1. The zero-order valence-electron chi connectivity index (χ0n) is 9.10. The number of hydrogen-bond acceptors (Lipinski definition) is 2. The third-order valence-corrected chi connectivity index (χ3v) is 3.64. The molecule has 0 amide bonds. The molecule has 3 N–H and O–H groups in total. The maximum absolute atomic E-state index is 9.27. The van der Waals surface area contributed by atoms with Crippen LogP contribution in [0.2, 0.25) is 15.1 Å². The van der Waals surface area contributed by atoms with Crippen molar-refractivity contribution >= 4 is 34.8 Å².